The second-order valence-corrected chi connectivity index (χ2v) is 6.57. The van der Waals surface area contributed by atoms with Crippen LogP contribution in [0.1, 0.15) is 28.5 Å². The summed E-state index contributed by atoms with van der Waals surface area (Å²) in [5.41, 5.74) is 0.252. The van der Waals surface area contributed by atoms with Crippen LogP contribution in [0.4, 0.5) is 18.9 Å². The van der Waals surface area contributed by atoms with Crippen LogP contribution in [-0.4, -0.2) is 28.1 Å². The number of para-hydroxylation sites is 1. The standard InChI is InChI=1S/C21H19F3N2O3/c1-3-26(14-8-6-7-13(11-14)21(22,23)24)18(27)12-16-15-9-4-5-10-17(15)25(2)19(16)20(28)29/h4-11H,3,12H2,1-2H3,(H,28,29). The largest absolute Gasteiger partial charge is 0.477 e. The molecule has 8 heteroatoms. The number of aromatic carboxylic acids is 1. The van der Waals surface area contributed by atoms with E-state index in [0.29, 0.717) is 16.5 Å². The molecule has 1 heterocycles. The number of hydrogen-bond acceptors (Lipinski definition) is 2. The molecule has 0 aliphatic carbocycles. The first-order chi connectivity index (χ1) is 13.6. The molecule has 5 nitrogen and oxygen atoms in total. The predicted molar refractivity (Wildman–Crippen MR) is 103 cm³/mol. The molecule has 0 aliphatic rings. The zero-order chi connectivity index (χ0) is 21.3. The fourth-order valence-electron chi connectivity index (χ4n) is 3.52. The van der Waals surface area contributed by atoms with Crippen LogP contribution in [0.15, 0.2) is 48.5 Å². The maximum absolute atomic E-state index is 13.0. The van der Waals surface area contributed by atoms with Crippen molar-refractivity contribution in [2.45, 2.75) is 19.5 Å². The number of aromatic nitrogens is 1. The molecule has 0 spiro atoms. The monoisotopic (exact) mass is 404 g/mol. The average Bonchev–Trinajstić information content (AvgIpc) is 2.94. The van der Waals surface area contributed by atoms with Crippen molar-refractivity contribution in [3.63, 3.8) is 0 Å². The highest BCUT2D eigenvalue weighted by molar-refractivity contribution is 6.03. The maximum atomic E-state index is 13.0. The first kappa shape index (κ1) is 20.4. The molecule has 1 amide bonds. The summed E-state index contributed by atoms with van der Waals surface area (Å²) in [6, 6.07) is 11.5. The number of hydrogen-bond donors (Lipinski definition) is 1. The summed E-state index contributed by atoms with van der Waals surface area (Å²) in [4.78, 5) is 26.0. The van der Waals surface area contributed by atoms with E-state index in [-0.39, 0.29) is 24.3 Å². The fraction of sp³-hybridized carbons (Fsp3) is 0.238. The first-order valence-corrected chi connectivity index (χ1v) is 8.92. The van der Waals surface area contributed by atoms with Crippen LogP contribution in [-0.2, 0) is 24.4 Å². The summed E-state index contributed by atoms with van der Waals surface area (Å²) in [6.45, 7) is 1.80. The van der Waals surface area contributed by atoms with E-state index >= 15 is 0 Å². The van der Waals surface area contributed by atoms with Gasteiger partial charge in [0.2, 0.25) is 5.91 Å². The maximum Gasteiger partial charge on any atom is 0.416 e. The van der Waals surface area contributed by atoms with Gasteiger partial charge < -0.3 is 14.6 Å². The highest BCUT2D eigenvalue weighted by Gasteiger charge is 2.31. The molecule has 1 aromatic heterocycles. The number of carbonyl (C=O) groups is 2. The van der Waals surface area contributed by atoms with Crippen molar-refractivity contribution in [2.75, 3.05) is 11.4 Å². The normalized spacial score (nSPS) is 11.6. The summed E-state index contributed by atoms with van der Waals surface area (Å²) in [5, 5.41) is 10.3. The Hall–Kier alpha value is -3.29. The average molecular weight is 404 g/mol. The number of halogens is 3. The number of aryl methyl sites for hydroxylation is 1. The third-order valence-corrected chi connectivity index (χ3v) is 4.84. The Bertz CT molecular complexity index is 1090. The molecular formula is C21H19F3N2O3. The number of likely N-dealkylation sites (N-methyl/N-ethyl adjacent to an activating group) is 1. The molecule has 152 valence electrons. The number of nitrogens with zero attached hydrogens (tertiary/aromatic N) is 2. The van der Waals surface area contributed by atoms with Gasteiger partial charge in [0.05, 0.1) is 12.0 Å². The lowest BCUT2D eigenvalue weighted by atomic mass is 10.1. The van der Waals surface area contributed by atoms with Gasteiger partial charge in [-0.15, -0.1) is 0 Å². The van der Waals surface area contributed by atoms with Crippen LogP contribution in [0, 0.1) is 0 Å². The van der Waals surface area contributed by atoms with Crippen LogP contribution in [0.5, 0.6) is 0 Å². The zero-order valence-electron chi connectivity index (χ0n) is 15.8. The number of carbonyl (C=O) groups excluding carboxylic acids is 1. The molecule has 29 heavy (non-hydrogen) atoms. The van der Waals surface area contributed by atoms with Gasteiger partial charge in [-0.1, -0.05) is 24.3 Å². The molecule has 2 aromatic carbocycles. The second-order valence-electron chi connectivity index (χ2n) is 6.57. The lowest BCUT2D eigenvalue weighted by molar-refractivity contribution is -0.137. The van der Waals surface area contributed by atoms with Crippen molar-refractivity contribution < 1.29 is 27.9 Å². The van der Waals surface area contributed by atoms with E-state index < -0.39 is 23.6 Å². The Morgan fingerprint density at radius 2 is 1.79 bits per heavy atom. The molecule has 0 saturated carbocycles. The van der Waals surface area contributed by atoms with Gasteiger partial charge in [0.25, 0.3) is 0 Å². The van der Waals surface area contributed by atoms with Gasteiger partial charge in [-0.25, -0.2) is 4.79 Å². The molecule has 0 bridgehead atoms. The van der Waals surface area contributed by atoms with Crippen LogP contribution in [0.3, 0.4) is 0 Å². The molecule has 3 rings (SSSR count). The van der Waals surface area contributed by atoms with E-state index in [1.807, 2.05) is 0 Å². The Morgan fingerprint density at radius 1 is 1.10 bits per heavy atom. The summed E-state index contributed by atoms with van der Waals surface area (Å²) in [7, 11) is 1.60. The van der Waals surface area contributed by atoms with E-state index in [2.05, 4.69) is 0 Å². The van der Waals surface area contributed by atoms with Crippen molar-refractivity contribution in [2.24, 2.45) is 7.05 Å². The minimum Gasteiger partial charge on any atom is -0.477 e. The number of rotatable bonds is 5. The number of benzene rings is 2. The molecule has 0 saturated heterocycles. The number of anilines is 1. The summed E-state index contributed by atoms with van der Waals surface area (Å²) >= 11 is 0. The highest BCUT2D eigenvalue weighted by atomic mass is 19.4. The molecule has 0 aliphatic heterocycles. The van der Waals surface area contributed by atoms with Crippen LogP contribution < -0.4 is 4.90 Å². The van der Waals surface area contributed by atoms with Crippen molar-refractivity contribution in [1.29, 1.82) is 0 Å². The molecule has 0 unspecified atom stereocenters. The van der Waals surface area contributed by atoms with Crippen LogP contribution in [0.25, 0.3) is 10.9 Å². The number of carboxylic acids is 1. The summed E-state index contributed by atoms with van der Waals surface area (Å²) in [6.07, 6.45) is -4.77. The number of carboxylic acid groups (broad SMARTS) is 1. The van der Waals surface area contributed by atoms with E-state index in [1.54, 1.807) is 38.2 Å². The lowest BCUT2D eigenvalue weighted by Crippen LogP contribution is -2.32. The van der Waals surface area contributed by atoms with Crippen LogP contribution in [0.2, 0.25) is 0 Å². The van der Waals surface area contributed by atoms with Crippen molar-refractivity contribution in [3.05, 3.63) is 65.4 Å². The predicted octanol–water partition coefficient (Wildman–Crippen LogP) is 4.49. The molecule has 0 radical (unpaired) electrons. The van der Waals surface area contributed by atoms with E-state index in [9.17, 15) is 27.9 Å². The Kier molecular flexibility index (Phi) is 5.37. The number of fused-ring (bicyclic) bond motifs is 1. The Morgan fingerprint density at radius 3 is 2.41 bits per heavy atom. The first-order valence-electron chi connectivity index (χ1n) is 8.92. The van der Waals surface area contributed by atoms with Crippen molar-refractivity contribution in [3.8, 4) is 0 Å². The van der Waals surface area contributed by atoms with Crippen LogP contribution >= 0.6 is 0 Å². The van der Waals surface area contributed by atoms with Gasteiger partial charge in [0.15, 0.2) is 0 Å². The Labute approximate surface area is 165 Å². The Balaban J connectivity index is 2.02. The molecule has 0 fully saturated rings. The SMILES string of the molecule is CCN(C(=O)Cc1c(C(=O)O)n(C)c2ccccc12)c1cccc(C(F)(F)F)c1. The van der Waals surface area contributed by atoms with Gasteiger partial charge in [-0.2, -0.15) is 13.2 Å². The van der Waals surface area contributed by atoms with E-state index in [0.717, 1.165) is 12.1 Å². The van der Waals surface area contributed by atoms with Gasteiger partial charge >= 0.3 is 12.1 Å². The number of alkyl halides is 3. The summed E-state index contributed by atoms with van der Waals surface area (Å²) in [5.74, 6) is -1.65. The van der Waals surface area contributed by atoms with Crippen molar-refractivity contribution >= 4 is 28.5 Å². The third-order valence-electron chi connectivity index (χ3n) is 4.84. The minimum absolute atomic E-state index is 0.0142. The smallest absolute Gasteiger partial charge is 0.416 e. The van der Waals surface area contributed by atoms with Gasteiger partial charge in [0, 0.05) is 35.7 Å². The summed E-state index contributed by atoms with van der Waals surface area (Å²) < 4.78 is 40.6. The quantitative estimate of drug-likeness (QED) is 0.682. The second kappa shape index (κ2) is 7.62. The fourth-order valence-corrected chi connectivity index (χ4v) is 3.52. The molecule has 1 N–H and O–H groups in total. The third kappa shape index (κ3) is 3.83. The molecule has 3 aromatic rings. The van der Waals surface area contributed by atoms with E-state index in [4.69, 9.17) is 0 Å². The highest BCUT2D eigenvalue weighted by Crippen LogP contribution is 2.32. The topological polar surface area (TPSA) is 62.5 Å². The number of amides is 1. The lowest BCUT2D eigenvalue weighted by Gasteiger charge is -2.22. The molecule has 0 atom stereocenters. The zero-order valence-corrected chi connectivity index (χ0v) is 15.8. The van der Waals surface area contributed by atoms with Gasteiger partial charge in [-0.3, -0.25) is 4.79 Å². The van der Waals surface area contributed by atoms with Gasteiger partial charge in [0.1, 0.15) is 5.69 Å². The molecular weight excluding hydrogens is 385 g/mol. The van der Waals surface area contributed by atoms with E-state index in [1.165, 1.54) is 21.6 Å². The van der Waals surface area contributed by atoms with Crippen molar-refractivity contribution in [1.82, 2.24) is 4.57 Å². The minimum atomic E-state index is -4.52. The van der Waals surface area contributed by atoms with Gasteiger partial charge in [-0.05, 0) is 31.2 Å².